The first-order valence-corrected chi connectivity index (χ1v) is 5.76. The van der Waals surface area contributed by atoms with Gasteiger partial charge in [0.25, 0.3) is 0 Å². The molecule has 1 atom stereocenters. The normalized spacial score (nSPS) is 21.6. The Morgan fingerprint density at radius 2 is 2.12 bits per heavy atom. The molecule has 1 aliphatic rings. The predicted octanol–water partition coefficient (Wildman–Crippen LogP) is 1.58. The molecule has 0 spiro atoms. The van der Waals surface area contributed by atoms with E-state index in [1.54, 1.807) is 6.92 Å². The molecule has 1 aliphatic heterocycles. The molecule has 1 aromatic heterocycles. The molecule has 0 saturated carbocycles. The molecule has 2 rings (SSSR count). The summed E-state index contributed by atoms with van der Waals surface area (Å²) in [5, 5.41) is 4.52. The molecule has 4 heteroatoms. The van der Waals surface area contributed by atoms with Gasteiger partial charge in [0, 0.05) is 12.2 Å². The van der Waals surface area contributed by atoms with Crippen LogP contribution in [0.15, 0.2) is 0 Å². The Morgan fingerprint density at radius 3 is 2.56 bits per heavy atom. The first-order valence-electron chi connectivity index (χ1n) is 5.76. The zero-order valence-corrected chi connectivity index (χ0v) is 10.4. The fourth-order valence-corrected chi connectivity index (χ4v) is 2.64. The monoisotopic (exact) mass is 221 g/mol. The van der Waals surface area contributed by atoms with Gasteiger partial charge in [-0.2, -0.15) is 5.10 Å². The summed E-state index contributed by atoms with van der Waals surface area (Å²) in [5.74, 6) is 0.118. The first kappa shape index (κ1) is 11.3. The van der Waals surface area contributed by atoms with Gasteiger partial charge in [-0.15, -0.1) is 0 Å². The number of likely N-dealkylation sites (N-methyl/N-ethyl adjacent to an activating group) is 1. The van der Waals surface area contributed by atoms with Crippen molar-refractivity contribution < 1.29 is 4.79 Å². The Morgan fingerprint density at radius 1 is 1.44 bits per heavy atom. The second kappa shape index (κ2) is 4.01. The number of hydrogen-bond donors (Lipinski definition) is 0. The maximum absolute atomic E-state index is 11.5. The third kappa shape index (κ3) is 1.78. The minimum absolute atomic E-state index is 0.118. The fraction of sp³-hybridized carbons (Fsp3) is 0.667. The maximum Gasteiger partial charge on any atom is 0.163 e. The van der Waals surface area contributed by atoms with E-state index in [0.717, 1.165) is 36.5 Å². The molecular weight excluding hydrogens is 202 g/mol. The molecule has 88 valence electrons. The lowest BCUT2D eigenvalue weighted by Crippen LogP contribution is -2.18. The van der Waals surface area contributed by atoms with Crippen LogP contribution in [0.2, 0.25) is 0 Å². The highest BCUT2D eigenvalue weighted by Crippen LogP contribution is 2.24. The zero-order valence-electron chi connectivity index (χ0n) is 10.4. The van der Waals surface area contributed by atoms with Crippen molar-refractivity contribution in [2.24, 2.45) is 0 Å². The Bertz CT molecular complexity index is 422. The number of hydrogen-bond acceptors (Lipinski definition) is 3. The number of carbonyl (C=O) groups is 1. The lowest BCUT2D eigenvalue weighted by Gasteiger charge is -2.13. The van der Waals surface area contributed by atoms with Crippen LogP contribution < -0.4 is 0 Å². The third-order valence-corrected chi connectivity index (χ3v) is 3.39. The van der Waals surface area contributed by atoms with Crippen LogP contribution in [0.3, 0.4) is 0 Å². The van der Waals surface area contributed by atoms with E-state index in [0.29, 0.717) is 6.04 Å². The van der Waals surface area contributed by atoms with Gasteiger partial charge in [0.15, 0.2) is 5.78 Å². The standard InChI is InChI=1S/C12H19N3O/c1-8-12(10(3)16)9(2)15(13-8)11-5-6-14(4)7-11/h11H,5-7H2,1-4H3. The van der Waals surface area contributed by atoms with Crippen LogP contribution in [0, 0.1) is 13.8 Å². The summed E-state index contributed by atoms with van der Waals surface area (Å²) >= 11 is 0. The Labute approximate surface area is 96.2 Å². The minimum Gasteiger partial charge on any atom is -0.304 e. The maximum atomic E-state index is 11.5. The van der Waals surface area contributed by atoms with Gasteiger partial charge in [-0.3, -0.25) is 9.48 Å². The van der Waals surface area contributed by atoms with Crippen LogP contribution in [0.5, 0.6) is 0 Å². The molecule has 1 saturated heterocycles. The number of aromatic nitrogens is 2. The molecule has 4 nitrogen and oxygen atoms in total. The molecule has 1 fully saturated rings. The smallest absolute Gasteiger partial charge is 0.163 e. The Hall–Kier alpha value is -1.16. The highest BCUT2D eigenvalue weighted by atomic mass is 16.1. The number of carbonyl (C=O) groups excluding carboxylic acids is 1. The van der Waals surface area contributed by atoms with Crippen LogP contribution in [-0.2, 0) is 0 Å². The van der Waals surface area contributed by atoms with Gasteiger partial charge in [-0.1, -0.05) is 0 Å². The van der Waals surface area contributed by atoms with Crippen LogP contribution in [0.4, 0.5) is 0 Å². The summed E-state index contributed by atoms with van der Waals surface area (Å²) in [6, 6.07) is 0.428. The van der Waals surface area contributed by atoms with Gasteiger partial charge in [0.05, 0.1) is 17.3 Å². The number of ketones is 1. The molecule has 0 bridgehead atoms. The van der Waals surface area contributed by atoms with Gasteiger partial charge < -0.3 is 4.90 Å². The quantitative estimate of drug-likeness (QED) is 0.712. The summed E-state index contributed by atoms with van der Waals surface area (Å²) in [6.07, 6.45) is 1.12. The van der Waals surface area contributed by atoms with E-state index in [4.69, 9.17) is 0 Å². The molecule has 2 heterocycles. The van der Waals surface area contributed by atoms with E-state index < -0.39 is 0 Å². The van der Waals surface area contributed by atoms with Crippen molar-refractivity contribution >= 4 is 5.78 Å². The first-order chi connectivity index (χ1) is 7.50. The summed E-state index contributed by atoms with van der Waals surface area (Å²) in [7, 11) is 2.12. The van der Waals surface area contributed by atoms with Crippen molar-refractivity contribution in [2.75, 3.05) is 20.1 Å². The van der Waals surface area contributed by atoms with E-state index in [-0.39, 0.29) is 5.78 Å². The molecule has 1 unspecified atom stereocenters. The molecule has 0 amide bonds. The van der Waals surface area contributed by atoms with E-state index in [2.05, 4.69) is 17.0 Å². The number of Topliss-reactive ketones (excluding diaryl/α,β-unsaturated/α-hetero) is 1. The second-order valence-corrected chi connectivity index (χ2v) is 4.75. The van der Waals surface area contributed by atoms with Crippen LogP contribution in [0.1, 0.15) is 41.1 Å². The van der Waals surface area contributed by atoms with Crippen molar-refractivity contribution in [3.8, 4) is 0 Å². The van der Waals surface area contributed by atoms with Gasteiger partial charge in [0.2, 0.25) is 0 Å². The van der Waals surface area contributed by atoms with Gasteiger partial charge in [-0.05, 0) is 40.8 Å². The van der Waals surface area contributed by atoms with E-state index >= 15 is 0 Å². The predicted molar refractivity (Wildman–Crippen MR) is 62.9 cm³/mol. The lowest BCUT2D eigenvalue weighted by atomic mass is 10.1. The van der Waals surface area contributed by atoms with Crippen molar-refractivity contribution in [2.45, 2.75) is 33.2 Å². The highest BCUT2D eigenvalue weighted by molar-refractivity contribution is 5.96. The van der Waals surface area contributed by atoms with Crippen molar-refractivity contribution in [3.63, 3.8) is 0 Å². The van der Waals surface area contributed by atoms with Crippen molar-refractivity contribution in [1.82, 2.24) is 14.7 Å². The SMILES string of the molecule is CC(=O)c1c(C)nn(C2CCN(C)C2)c1C. The van der Waals surface area contributed by atoms with E-state index in [1.165, 1.54) is 0 Å². The van der Waals surface area contributed by atoms with Crippen molar-refractivity contribution in [1.29, 1.82) is 0 Å². The van der Waals surface area contributed by atoms with Crippen LogP contribution in [0.25, 0.3) is 0 Å². The highest BCUT2D eigenvalue weighted by Gasteiger charge is 2.25. The van der Waals surface area contributed by atoms with Gasteiger partial charge in [0.1, 0.15) is 0 Å². The number of rotatable bonds is 2. The summed E-state index contributed by atoms with van der Waals surface area (Å²) < 4.78 is 2.04. The van der Waals surface area contributed by atoms with E-state index in [1.807, 2.05) is 18.5 Å². The molecular formula is C12H19N3O. The molecule has 0 aliphatic carbocycles. The Kier molecular flexibility index (Phi) is 2.84. The second-order valence-electron chi connectivity index (χ2n) is 4.75. The lowest BCUT2D eigenvalue weighted by molar-refractivity contribution is 0.101. The average Bonchev–Trinajstić information content (AvgIpc) is 2.70. The average molecular weight is 221 g/mol. The van der Waals surface area contributed by atoms with Gasteiger partial charge >= 0.3 is 0 Å². The van der Waals surface area contributed by atoms with E-state index in [9.17, 15) is 4.79 Å². The Balaban J connectivity index is 2.36. The molecule has 0 aromatic carbocycles. The molecule has 0 N–H and O–H groups in total. The molecule has 16 heavy (non-hydrogen) atoms. The zero-order chi connectivity index (χ0) is 11.9. The van der Waals surface area contributed by atoms with Gasteiger partial charge in [-0.25, -0.2) is 0 Å². The van der Waals surface area contributed by atoms with Crippen molar-refractivity contribution in [3.05, 3.63) is 17.0 Å². The summed E-state index contributed by atoms with van der Waals surface area (Å²) in [5.41, 5.74) is 2.68. The summed E-state index contributed by atoms with van der Waals surface area (Å²) in [6.45, 7) is 7.66. The third-order valence-electron chi connectivity index (χ3n) is 3.39. The molecule has 1 aromatic rings. The minimum atomic E-state index is 0.118. The number of aryl methyl sites for hydroxylation is 1. The number of likely N-dealkylation sites (tertiary alicyclic amines) is 1. The largest absolute Gasteiger partial charge is 0.304 e. The number of nitrogens with zero attached hydrogens (tertiary/aromatic N) is 3. The van der Waals surface area contributed by atoms with Crippen LogP contribution in [-0.4, -0.2) is 40.6 Å². The topological polar surface area (TPSA) is 38.1 Å². The fourth-order valence-electron chi connectivity index (χ4n) is 2.64. The summed E-state index contributed by atoms with van der Waals surface area (Å²) in [4.78, 5) is 13.8. The molecule has 0 radical (unpaired) electrons. The van der Waals surface area contributed by atoms with Crippen LogP contribution >= 0.6 is 0 Å².